The highest BCUT2D eigenvalue weighted by molar-refractivity contribution is 6.06. The summed E-state index contributed by atoms with van der Waals surface area (Å²) >= 11 is 0. The summed E-state index contributed by atoms with van der Waals surface area (Å²) in [4.78, 5) is 26.6. The van der Waals surface area contributed by atoms with Crippen LogP contribution in [-0.2, 0) is 16.5 Å². The number of fused-ring (bicyclic) bond motifs is 7. The van der Waals surface area contributed by atoms with Gasteiger partial charge in [-0.15, -0.1) is 0 Å². The van der Waals surface area contributed by atoms with Crippen LogP contribution in [0.4, 0.5) is 10.5 Å². The van der Waals surface area contributed by atoms with Gasteiger partial charge in [-0.05, 0) is 43.7 Å². The van der Waals surface area contributed by atoms with Gasteiger partial charge in [0.15, 0.2) is 17.6 Å². The van der Waals surface area contributed by atoms with Crippen molar-refractivity contribution in [2.45, 2.75) is 38.6 Å². The minimum absolute atomic E-state index is 0.0754. The van der Waals surface area contributed by atoms with Crippen molar-refractivity contribution in [3.8, 4) is 5.75 Å². The molecule has 186 valence electrons. The van der Waals surface area contributed by atoms with Crippen LogP contribution in [0.1, 0.15) is 32.4 Å². The van der Waals surface area contributed by atoms with Crippen LogP contribution in [0.25, 0.3) is 32.6 Å². The Morgan fingerprint density at radius 1 is 1.03 bits per heavy atom. The van der Waals surface area contributed by atoms with Crippen LogP contribution in [0.5, 0.6) is 5.75 Å². The first-order chi connectivity index (χ1) is 17.1. The zero-order valence-corrected chi connectivity index (χ0v) is 21.3. The Hall–Kier alpha value is -3.78. The lowest BCUT2D eigenvalue weighted by Crippen LogP contribution is -2.48. The number of carbonyl (C=O) groups is 1. The molecule has 1 aromatic heterocycles. The molecule has 8 heteroatoms. The van der Waals surface area contributed by atoms with Gasteiger partial charge in [-0.3, -0.25) is 4.79 Å². The third kappa shape index (κ3) is 3.03. The molecule has 0 amide bonds. The fraction of sp³-hybridized carbons (Fsp3) is 0.357. The van der Waals surface area contributed by atoms with E-state index in [-0.39, 0.29) is 5.43 Å². The molecule has 0 N–H and O–H groups in total. The Kier molecular flexibility index (Phi) is 4.79. The number of anilines is 1. The number of aryl methyl sites for hydroxylation is 1. The van der Waals surface area contributed by atoms with E-state index in [0.29, 0.717) is 34.1 Å². The van der Waals surface area contributed by atoms with Crippen molar-refractivity contribution in [3.63, 3.8) is 0 Å². The monoisotopic (exact) mass is 487 g/mol. The third-order valence-electron chi connectivity index (χ3n) is 7.44. The normalized spacial score (nSPS) is 20.2. The van der Waals surface area contributed by atoms with Crippen LogP contribution in [0.15, 0.2) is 47.3 Å². The Balaban J connectivity index is 1.82. The first-order valence-electron chi connectivity index (χ1n) is 12.2. The number of aromatic nitrogens is 1. The number of pyridine rings is 1. The van der Waals surface area contributed by atoms with E-state index in [4.69, 9.17) is 14.2 Å². The number of benzene rings is 3. The SMILES string of the molecule is CCN(c1cc2c(c3c1c(=O)c1cc4ccccc4cc1n3C)C1OC(=O)OC1C(C)(C)O2)N(C)C. The summed E-state index contributed by atoms with van der Waals surface area (Å²) in [5.41, 5.74) is 1.99. The van der Waals surface area contributed by atoms with Crippen LogP contribution in [0, 0.1) is 0 Å². The van der Waals surface area contributed by atoms with Gasteiger partial charge in [0.1, 0.15) is 11.4 Å². The lowest BCUT2D eigenvalue weighted by molar-refractivity contribution is -0.0498. The molecule has 1 fully saturated rings. The van der Waals surface area contributed by atoms with Gasteiger partial charge < -0.3 is 23.8 Å². The number of hydrogen-bond donors (Lipinski definition) is 0. The smallest absolute Gasteiger partial charge is 0.483 e. The summed E-state index contributed by atoms with van der Waals surface area (Å²) in [5, 5.41) is 7.23. The van der Waals surface area contributed by atoms with Gasteiger partial charge in [-0.25, -0.2) is 9.80 Å². The predicted octanol–water partition coefficient (Wildman–Crippen LogP) is 4.90. The molecule has 1 saturated heterocycles. The van der Waals surface area contributed by atoms with E-state index in [9.17, 15) is 9.59 Å². The van der Waals surface area contributed by atoms with Gasteiger partial charge in [0.2, 0.25) is 0 Å². The molecule has 3 aromatic carbocycles. The van der Waals surface area contributed by atoms with E-state index < -0.39 is 24.0 Å². The molecule has 0 spiro atoms. The molecule has 0 aliphatic carbocycles. The predicted molar refractivity (Wildman–Crippen MR) is 140 cm³/mol. The largest absolute Gasteiger partial charge is 0.509 e. The lowest BCUT2D eigenvalue weighted by Gasteiger charge is -2.40. The second kappa shape index (κ2) is 7.61. The highest BCUT2D eigenvalue weighted by Crippen LogP contribution is 2.51. The zero-order chi connectivity index (χ0) is 25.5. The van der Waals surface area contributed by atoms with Crippen LogP contribution in [0.2, 0.25) is 0 Å². The summed E-state index contributed by atoms with van der Waals surface area (Å²) < 4.78 is 19.7. The van der Waals surface area contributed by atoms with Crippen LogP contribution >= 0.6 is 0 Å². The van der Waals surface area contributed by atoms with Crippen LogP contribution < -0.4 is 15.2 Å². The van der Waals surface area contributed by atoms with E-state index >= 15 is 0 Å². The molecule has 2 unspecified atom stereocenters. The summed E-state index contributed by atoms with van der Waals surface area (Å²) in [6.07, 6.45) is -2.05. The highest BCUT2D eigenvalue weighted by Gasteiger charge is 2.54. The second-order valence-electron chi connectivity index (χ2n) is 10.2. The van der Waals surface area contributed by atoms with Gasteiger partial charge in [-0.1, -0.05) is 24.3 Å². The summed E-state index contributed by atoms with van der Waals surface area (Å²) in [7, 11) is 5.84. The average Bonchev–Trinajstić information content (AvgIpc) is 3.23. The van der Waals surface area contributed by atoms with Gasteiger partial charge in [0.25, 0.3) is 0 Å². The standard InChI is InChI=1S/C28H29N3O5/c1-7-31(29(4)5)19-14-20-22(25-26(28(2,3)36-20)35-27(33)34-25)23-21(19)24(32)17-12-15-10-8-9-11-16(15)13-18(17)30(23)6/h8-14,25-26H,7H2,1-6H3. The minimum Gasteiger partial charge on any atom is -0.483 e. The minimum atomic E-state index is -0.810. The third-order valence-corrected chi connectivity index (χ3v) is 7.44. The topological polar surface area (TPSA) is 73.2 Å². The first-order valence-corrected chi connectivity index (χ1v) is 12.2. The van der Waals surface area contributed by atoms with Crippen molar-refractivity contribution in [3.05, 3.63) is 58.3 Å². The molecule has 8 nitrogen and oxygen atoms in total. The van der Waals surface area contributed by atoms with Crippen molar-refractivity contribution in [2.24, 2.45) is 7.05 Å². The van der Waals surface area contributed by atoms with Crippen molar-refractivity contribution < 1.29 is 19.0 Å². The van der Waals surface area contributed by atoms with Crippen molar-refractivity contribution in [1.82, 2.24) is 9.58 Å². The van der Waals surface area contributed by atoms with Crippen molar-refractivity contribution >= 4 is 44.4 Å². The molecule has 6 rings (SSSR count). The number of hydrogen-bond acceptors (Lipinski definition) is 7. The number of ether oxygens (including phenoxy) is 3. The Morgan fingerprint density at radius 2 is 1.72 bits per heavy atom. The van der Waals surface area contributed by atoms with E-state index in [0.717, 1.165) is 22.0 Å². The Bertz CT molecular complexity index is 1640. The fourth-order valence-corrected chi connectivity index (χ4v) is 5.81. The molecule has 36 heavy (non-hydrogen) atoms. The number of carbonyl (C=O) groups excluding carboxylic acids is 1. The maximum atomic E-state index is 14.3. The van der Waals surface area contributed by atoms with Gasteiger partial charge in [-0.2, -0.15) is 0 Å². The Morgan fingerprint density at radius 3 is 2.39 bits per heavy atom. The summed E-state index contributed by atoms with van der Waals surface area (Å²) in [6.45, 7) is 6.45. The van der Waals surface area contributed by atoms with E-state index in [1.165, 1.54) is 0 Å². The number of nitrogens with zero attached hydrogens (tertiary/aromatic N) is 3. The molecule has 3 heterocycles. The summed E-state index contributed by atoms with van der Waals surface area (Å²) in [5.74, 6) is 0.581. The second-order valence-corrected chi connectivity index (χ2v) is 10.2. The molecule has 0 bridgehead atoms. The molecule has 2 aliphatic heterocycles. The first kappa shape index (κ1) is 22.7. The molecule has 0 saturated carbocycles. The van der Waals surface area contributed by atoms with E-state index in [2.05, 4.69) is 0 Å². The van der Waals surface area contributed by atoms with Gasteiger partial charge in [0.05, 0.1) is 27.7 Å². The van der Waals surface area contributed by atoms with Gasteiger partial charge in [0, 0.05) is 39.1 Å². The quantitative estimate of drug-likeness (QED) is 0.231. The fourth-order valence-electron chi connectivity index (χ4n) is 5.81. The number of rotatable bonds is 3. The molecule has 4 aromatic rings. The molecule has 0 radical (unpaired) electrons. The molecule has 2 atom stereocenters. The molecule has 2 aliphatic rings. The Labute approximate surface area is 208 Å². The average molecular weight is 488 g/mol. The molecular weight excluding hydrogens is 458 g/mol. The molecular formula is C28H29N3O5. The van der Waals surface area contributed by atoms with Crippen molar-refractivity contribution in [2.75, 3.05) is 25.6 Å². The maximum absolute atomic E-state index is 14.3. The van der Waals surface area contributed by atoms with Gasteiger partial charge >= 0.3 is 6.16 Å². The van der Waals surface area contributed by atoms with E-state index in [1.54, 1.807) is 0 Å². The van der Waals surface area contributed by atoms with Crippen LogP contribution in [0.3, 0.4) is 0 Å². The van der Waals surface area contributed by atoms with Crippen LogP contribution in [-0.4, -0.2) is 48.1 Å². The number of hydrazine groups is 1. The lowest BCUT2D eigenvalue weighted by atomic mass is 9.86. The summed E-state index contributed by atoms with van der Waals surface area (Å²) in [6, 6.07) is 13.9. The maximum Gasteiger partial charge on any atom is 0.509 e. The van der Waals surface area contributed by atoms with E-state index in [1.807, 2.05) is 99.0 Å². The zero-order valence-electron chi connectivity index (χ0n) is 21.3. The highest BCUT2D eigenvalue weighted by atomic mass is 16.8. The van der Waals surface area contributed by atoms with Crippen molar-refractivity contribution in [1.29, 1.82) is 0 Å².